The van der Waals surface area contributed by atoms with Gasteiger partial charge in [-0.1, -0.05) is 42.5 Å². The Kier molecular flexibility index (Phi) is 6.41. The Morgan fingerprint density at radius 3 is 2.43 bits per heavy atom. The van der Waals surface area contributed by atoms with E-state index in [-0.39, 0.29) is 5.69 Å². The molecule has 142 valence electrons. The Labute approximate surface area is 164 Å². The van der Waals surface area contributed by atoms with E-state index in [4.69, 9.17) is 9.47 Å². The fraction of sp³-hybridized carbons (Fsp3) is 0.130. The Morgan fingerprint density at radius 2 is 1.75 bits per heavy atom. The van der Waals surface area contributed by atoms with E-state index in [1.165, 1.54) is 0 Å². The van der Waals surface area contributed by atoms with Crippen molar-refractivity contribution in [3.8, 4) is 5.75 Å². The van der Waals surface area contributed by atoms with Gasteiger partial charge >= 0.3 is 5.97 Å². The van der Waals surface area contributed by atoms with Crippen LogP contribution >= 0.6 is 0 Å². The molecule has 0 aliphatic carbocycles. The highest BCUT2D eigenvalue weighted by molar-refractivity contribution is 5.89. The molecule has 0 spiro atoms. The minimum atomic E-state index is -0.445. The molecule has 0 aliphatic rings. The van der Waals surface area contributed by atoms with Crippen molar-refractivity contribution in [2.45, 2.75) is 6.92 Å². The van der Waals surface area contributed by atoms with Gasteiger partial charge in [-0.3, -0.25) is 0 Å². The first-order valence-corrected chi connectivity index (χ1v) is 9.02. The standard InChI is InChI=1S/C23H22N2O3/c1-3-28-23(26)21-16-11-18(10-9-17-7-5-4-6-8-17)22(25-21)24-19-12-14-20(27-2)15-13-19/h4-16H,3H2,1-2H3,(H,24,25)/b10-9+. The number of ether oxygens (including phenoxy) is 2. The van der Waals surface area contributed by atoms with Crippen molar-refractivity contribution in [2.24, 2.45) is 0 Å². The van der Waals surface area contributed by atoms with E-state index in [2.05, 4.69) is 10.3 Å². The van der Waals surface area contributed by atoms with Crippen LogP contribution in [0.1, 0.15) is 28.5 Å². The molecule has 0 radical (unpaired) electrons. The van der Waals surface area contributed by atoms with Crippen LogP contribution in [0.5, 0.6) is 5.75 Å². The highest BCUT2D eigenvalue weighted by atomic mass is 16.5. The Hall–Kier alpha value is -3.60. The van der Waals surface area contributed by atoms with Crippen LogP contribution in [-0.4, -0.2) is 24.7 Å². The molecule has 5 nitrogen and oxygen atoms in total. The molecule has 1 N–H and O–H groups in total. The average Bonchev–Trinajstić information content (AvgIpc) is 2.74. The third-order valence-corrected chi connectivity index (χ3v) is 4.02. The van der Waals surface area contributed by atoms with E-state index in [9.17, 15) is 4.79 Å². The van der Waals surface area contributed by atoms with E-state index >= 15 is 0 Å². The molecule has 1 heterocycles. The molecule has 0 aliphatic heterocycles. The summed E-state index contributed by atoms with van der Waals surface area (Å²) in [5, 5.41) is 3.27. The van der Waals surface area contributed by atoms with Gasteiger partial charge in [-0.25, -0.2) is 9.78 Å². The fourth-order valence-electron chi connectivity index (χ4n) is 2.58. The maximum absolute atomic E-state index is 12.1. The summed E-state index contributed by atoms with van der Waals surface area (Å²) >= 11 is 0. The number of pyridine rings is 1. The van der Waals surface area contributed by atoms with Gasteiger partial charge in [-0.2, -0.15) is 0 Å². The maximum Gasteiger partial charge on any atom is 0.356 e. The second-order valence-corrected chi connectivity index (χ2v) is 5.95. The molecule has 0 saturated heterocycles. The summed E-state index contributed by atoms with van der Waals surface area (Å²) in [6, 6.07) is 21.0. The number of hydrogen-bond donors (Lipinski definition) is 1. The van der Waals surface area contributed by atoms with Gasteiger partial charge in [0, 0.05) is 11.3 Å². The first-order chi connectivity index (χ1) is 13.7. The second-order valence-electron chi connectivity index (χ2n) is 5.95. The van der Waals surface area contributed by atoms with Gasteiger partial charge in [-0.05, 0) is 48.9 Å². The average molecular weight is 374 g/mol. The van der Waals surface area contributed by atoms with Gasteiger partial charge < -0.3 is 14.8 Å². The predicted molar refractivity (Wildman–Crippen MR) is 112 cm³/mol. The molecule has 0 amide bonds. The summed E-state index contributed by atoms with van der Waals surface area (Å²) in [7, 11) is 1.62. The highest BCUT2D eigenvalue weighted by Gasteiger charge is 2.12. The highest BCUT2D eigenvalue weighted by Crippen LogP contribution is 2.24. The van der Waals surface area contributed by atoms with Crippen LogP contribution in [0, 0.1) is 0 Å². The Balaban J connectivity index is 1.92. The number of anilines is 2. The first kappa shape index (κ1) is 19.2. The lowest BCUT2D eigenvalue weighted by Gasteiger charge is -2.11. The van der Waals surface area contributed by atoms with Gasteiger partial charge in [0.25, 0.3) is 0 Å². The second kappa shape index (κ2) is 9.37. The largest absolute Gasteiger partial charge is 0.497 e. The smallest absolute Gasteiger partial charge is 0.356 e. The summed E-state index contributed by atoms with van der Waals surface area (Å²) < 4.78 is 10.3. The number of benzene rings is 2. The lowest BCUT2D eigenvalue weighted by molar-refractivity contribution is 0.0519. The maximum atomic E-state index is 12.1. The first-order valence-electron chi connectivity index (χ1n) is 9.02. The molecule has 0 bridgehead atoms. The van der Waals surface area contributed by atoms with Crippen molar-refractivity contribution in [1.82, 2.24) is 4.98 Å². The number of methoxy groups -OCH3 is 1. The molecule has 3 rings (SSSR count). The van der Waals surface area contributed by atoms with Crippen molar-refractivity contribution in [3.63, 3.8) is 0 Å². The van der Waals surface area contributed by atoms with Crippen LogP contribution in [0.3, 0.4) is 0 Å². The van der Waals surface area contributed by atoms with Crippen molar-refractivity contribution in [1.29, 1.82) is 0 Å². The quantitative estimate of drug-likeness (QED) is 0.577. The Morgan fingerprint density at radius 1 is 1.00 bits per heavy atom. The number of hydrogen-bond acceptors (Lipinski definition) is 5. The third kappa shape index (κ3) is 4.98. The van der Waals surface area contributed by atoms with Crippen molar-refractivity contribution in [3.05, 3.63) is 83.6 Å². The zero-order valence-corrected chi connectivity index (χ0v) is 15.9. The topological polar surface area (TPSA) is 60.5 Å². The monoisotopic (exact) mass is 374 g/mol. The van der Waals surface area contributed by atoms with Gasteiger partial charge in [0.15, 0.2) is 5.69 Å². The molecule has 0 atom stereocenters. The number of aromatic nitrogens is 1. The van der Waals surface area contributed by atoms with E-state index in [0.29, 0.717) is 12.4 Å². The van der Waals surface area contributed by atoms with Crippen LogP contribution in [0.15, 0.2) is 66.7 Å². The third-order valence-electron chi connectivity index (χ3n) is 4.02. The molecule has 0 fully saturated rings. The molecule has 28 heavy (non-hydrogen) atoms. The number of carbonyl (C=O) groups is 1. The molecule has 2 aromatic carbocycles. The lowest BCUT2D eigenvalue weighted by Crippen LogP contribution is -2.09. The number of carbonyl (C=O) groups excluding carboxylic acids is 1. The number of nitrogens with zero attached hydrogens (tertiary/aromatic N) is 1. The lowest BCUT2D eigenvalue weighted by atomic mass is 10.1. The van der Waals surface area contributed by atoms with Gasteiger partial charge in [0.2, 0.25) is 0 Å². The van der Waals surface area contributed by atoms with Crippen LogP contribution < -0.4 is 10.1 Å². The minimum absolute atomic E-state index is 0.259. The molecule has 0 unspecified atom stereocenters. The molecule has 1 aromatic heterocycles. The molecule has 0 saturated carbocycles. The summed E-state index contributed by atoms with van der Waals surface area (Å²) in [4.78, 5) is 16.5. The summed E-state index contributed by atoms with van der Waals surface area (Å²) in [5.41, 5.74) is 3.03. The molecular formula is C23H22N2O3. The van der Waals surface area contributed by atoms with Crippen LogP contribution in [0.2, 0.25) is 0 Å². The molecule has 3 aromatic rings. The fourth-order valence-corrected chi connectivity index (χ4v) is 2.58. The zero-order valence-electron chi connectivity index (χ0n) is 15.9. The van der Waals surface area contributed by atoms with E-state index in [1.54, 1.807) is 20.1 Å². The Bertz CT molecular complexity index is 951. The van der Waals surface area contributed by atoms with Gasteiger partial charge in [0.1, 0.15) is 11.6 Å². The van der Waals surface area contributed by atoms with Gasteiger partial charge in [0.05, 0.1) is 13.7 Å². The van der Waals surface area contributed by atoms with E-state index in [0.717, 1.165) is 22.6 Å². The normalized spacial score (nSPS) is 10.6. The van der Waals surface area contributed by atoms with Crippen LogP contribution in [-0.2, 0) is 4.74 Å². The zero-order chi connectivity index (χ0) is 19.8. The van der Waals surface area contributed by atoms with Crippen LogP contribution in [0.25, 0.3) is 12.2 Å². The minimum Gasteiger partial charge on any atom is -0.497 e. The summed E-state index contributed by atoms with van der Waals surface area (Å²) in [5.74, 6) is 0.893. The SMILES string of the molecule is CCOC(=O)c1ccc(/C=C/c2ccccc2)c(Nc2ccc(OC)cc2)n1. The number of esters is 1. The molecular weight excluding hydrogens is 352 g/mol. The molecule has 5 heteroatoms. The van der Waals surface area contributed by atoms with E-state index < -0.39 is 5.97 Å². The van der Waals surface area contributed by atoms with Gasteiger partial charge in [-0.15, -0.1) is 0 Å². The summed E-state index contributed by atoms with van der Waals surface area (Å²) in [6.45, 7) is 2.07. The van der Waals surface area contributed by atoms with Crippen molar-refractivity contribution < 1.29 is 14.3 Å². The number of nitrogens with one attached hydrogen (secondary N) is 1. The summed E-state index contributed by atoms with van der Waals surface area (Å²) in [6.07, 6.45) is 3.96. The van der Waals surface area contributed by atoms with Crippen molar-refractivity contribution >= 4 is 29.6 Å². The van der Waals surface area contributed by atoms with Crippen molar-refractivity contribution in [2.75, 3.05) is 19.0 Å². The predicted octanol–water partition coefficient (Wildman–Crippen LogP) is 5.18. The van der Waals surface area contributed by atoms with E-state index in [1.807, 2.05) is 72.8 Å². The van der Waals surface area contributed by atoms with Crippen LogP contribution in [0.4, 0.5) is 11.5 Å². The number of rotatable bonds is 7.